The van der Waals surface area contributed by atoms with Gasteiger partial charge in [-0.25, -0.2) is 8.42 Å². The van der Waals surface area contributed by atoms with Crippen molar-refractivity contribution in [1.82, 2.24) is 4.31 Å². The molecule has 2 rings (SSSR count). The van der Waals surface area contributed by atoms with Crippen LogP contribution in [0.1, 0.15) is 5.56 Å². The number of rotatable bonds is 5. The Morgan fingerprint density at radius 3 is 2.29 bits per heavy atom. The zero-order valence-electron chi connectivity index (χ0n) is 12.7. The summed E-state index contributed by atoms with van der Waals surface area (Å²) in [4.78, 5) is 12.1. The first-order valence-electron chi connectivity index (χ1n) is 6.85. The number of anilines is 1. The summed E-state index contributed by atoms with van der Waals surface area (Å²) in [5, 5.41) is 11.4. The van der Waals surface area contributed by atoms with Crippen molar-refractivity contribution < 1.29 is 13.2 Å². The topological polar surface area (TPSA) is 90.3 Å². The highest BCUT2D eigenvalue weighted by atomic mass is 127. The fraction of sp³-hybridized carbons (Fsp3) is 0.125. The van der Waals surface area contributed by atoms with Crippen molar-refractivity contribution in [3.63, 3.8) is 0 Å². The molecule has 0 saturated carbocycles. The van der Waals surface area contributed by atoms with Gasteiger partial charge in [0.25, 0.3) is 0 Å². The van der Waals surface area contributed by atoms with Crippen LogP contribution in [-0.4, -0.2) is 32.2 Å². The van der Waals surface area contributed by atoms with Gasteiger partial charge in [-0.3, -0.25) is 4.79 Å². The first kappa shape index (κ1) is 18.4. The number of benzene rings is 2. The molecule has 8 heteroatoms. The summed E-state index contributed by atoms with van der Waals surface area (Å²) in [5.74, 6) is -0.434. The summed E-state index contributed by atoms with van der Waals surface area (Å²) in [6.45, 7) is -0.311. The summed E-state index contributed by atoms with van der Waals surface area (Å²) in [6.07, 6.45) is 0. The number of likely N-dealkylation sites (N-methyl/N-ethyl adjacent to an activating group) is 1. The van der Waals surface area contributed by atoms with Gasteiger partial charge in [0, 0.05) is 16.3 Å². The molecule has 2 aromatic rings. The van der Waals surface area contributed by atoms with E-state index in [1.807, 2.05) is 18.2 Å². The lowest BCUT2D eigenvalue weighted by Crippen LogP contribution is -2.34. The van der Waals surface area contributed by atoms with E-state index in [-0.39, 0.29) is 11.4 Å². The molecule has 0 heterocycles. The van der Waals surface area contributed by atoms with E-state index in [2.05, 4.69) is 27.9 Å². The fourth-order valence-corrected chi connectivity index (χ4v) is 3.39. The maximum atomic E-state index is 12.4. The Morgan fingerprint density at radius 1 is 1.17 bits per heavy atom. The molecule has 124 valence electrons. The van der Waals surface area contributed by atoms with Gasteiger partial charge in [0.05, 0.1) is 23.1 Å². The molecule has 0 aliphatic rings. The SMILES string of the molecule is CN(CC(=O)Nc1ccc(I)cc1)S(=O)(=O)c1ccc(C#N)cc1. The minimum atomic E-state index is -3.80. The Labute approximate surface area is 154 Å². The zero-order valence-corrected chi connectivity index (χ0v) is 15.7. The number of nitrogens with one attached hydrogen (secondary N) is 1. The summed E-state index contributed by atoms with van der Waals surface area (Å²) < 4.78 is 26.9. The molecule has 0 radical (unpaired) electrons. The first-order chi connectivity index (χ1) is 11.3. The fourth-order valence-electron chi connectivity index (χ4n) is 1.90. The van der Waals surface area contributed by atoms with Gasteiger partial charge in [0.2, 0.25) is 15.9 Å². The third-order valence-corrected chi connectivity index (χ3v) is 5.72. The highest BCUT2D eigenvalue weighted by molar-refractivity contribution is 14.1. The van der Waals surface area contributed by atoms with Gasteiger partial charge in [-0.15, -0.1) is 0 Å². The molecule has 0 unspecified atom stereocenters. The molecule has 0 atom stereocenters. The molecular formula is C16H14IN3O3S. The number of carbonyl (C=O) groups is 1. The number of halogens is 1. The van der Waals surface area contributed by atoms with Gasteiger partial charge in [0.15, 0.2) is 0 Å². The average molecular weight is 455 g/mol. The lowest BCUT2D eigenvalue weighted by atomic mass is 10.2. The Morgan fingerprint density at radius 2 is 1.75 bits per heavy atom. The summed E-state index contributed by atoms with van der Waals surface area (Å²) in [5.41, 5.74) is 0.970. The Kier molecular flexibility index (Phi) is 5.93. The molecule has 0 saturated heterocycles. The van der Waals surface area contributed by atoms with Crippen molar-refractivity contribution in [2.45, 2.75) is 4.90 Å². The maximum Gasteiger partial charge on any atom is 0.243 e. The third-order valence-electron chi connectivity index (χ3n) is 3.19. The molecular weight excluding hydrogens is 441 g/mol. The van der Waals surface area contributed by atoms with E-state index < -0.39 is 15.9 Å². The summed E-state index contributed by atoms with van der Waals surface area (Å²) >= 11 is 2.15. The molecule has 0 aliphatic carbocycles. The molecule has 6 nitrogen and oxygen atoms in total. The van der Waals surface area contributed by atoms with E-state index in [1.165, 1.54) is 31.3 Å². The minimum absolute atomic E-state index is 0.0334. The van der Waals surface area contributed by atoms with Gasteiger partial charge in [-0.05, 0) is 71.1 Å². The minimum Gasteiger partial charge on any atom is -0.325 e. The second kappa shape index (κ2) is 7.74. The van der Waals surface area contributed by atoms with Crippen LogP contribution in [-0.2, 0) is 14.8 Å². The number of hydrogen-bond donors (Lipinski definition) is 1. The lowest BCUT2D eigenvalue weighted by molar-refractivity contribution is -0.116. The second-order valence-corrected chi connectivity index (χ2v) is 8.24. The van der Waals surface area contributed by atoms with Gasteiger partial charge < -0.3 is 5.32 Å². The van der Waals surface area contributed by atoms with Crippen molar-refractivity contribution >= 4 is 44.2 Å². The van der Waals surface area contributed by atoms with Crippen LogP contribution in [0.3, 0.4) is 0 Å². The van der Waals surface area contributed by atoms with Crippen molar-refractivity contribution in [3.05, 3.63) is 57.7 Å². The molecule has 0 aliphatic heterocycles. The lowest BCUT2D eigenvalue weighted by Gasteiger charge is -2.17. The smallest absolute Gasteiger partial charge is 0.243 e. The highest BCUT2D eigenvalue weighted by Gasteiger charge is 2.22. The van der Waals surface area contributed by atoms with Crippen LogP contribution in [0.15, 0.2) is 53.4 Å². The molecule has 2 aromatic carbocycles. The summed E-state index contributed by atoms with van der Waals surface area (Å²) in [6, 6.07) is 14.6. The number of nitrogens with zero attached hydrogens (tertiary/aromatic N) is 2. The molecule has 0 fully saturated rings. The molecule has 0 bridgehead atoms. The van der Waals surface area contributed by atoms with Crippen LogP contribution in [0.4, 0.5) is 5.69 Å². The van der Waals surface area contributed by atoms with Gasteiger partial charge in [0.1, 0.15) is 0 Å². The van der Waals surface area contributed by atoms with Crippen molar-refractivity contribution in [1.29, 1.82) is 5.26 Å². The summed E-state index contributed by atoms with van der Waals surface area (Å²) in [7, 11) is -2.46. The van der Waals surface area contributed by atoms with E-state index in [1.54, 1.807) is 12.1 Å². The number of nitriles is 1. The average Bonchev–Trinajstić information content (AvgIpc) is 2.57. The van der Waals surface area contributed by atoms with Crippen molar-refractivity contribution in [3.8, 4) is 6.07 Å². The van der Waals surface area contributed by atoms with Crippen molar-refractivity contribution in [2.75, 3.05) is 18.9 Å². The van der Waals surface area contributed by atoms with E-state index in [9.17, 15) is 13.2 Å². The maximum absolute atomic E-state index is 12.4. The van der Waals surface area contributed by atoms with E-state index >= 15 is 0 Å². The predicted molar refractivity (Wildman–Crippen MR) is 98.8 cm³/mol. The Balaban J connectivity index is 2.06. The quantitative estimate of drug-likeness (QED) is 0.702. The zero-order chi connectivity index (χ0) is 17.7. The van der Waals surface area contributed by atoms with E-state index in [4.69, 9.17) is 5.26 Å². The van der Waals surface area contributed by atoms with Crippen LogP contribution >= 0.6 is 22.6 Å². The van der Waals surface area contributed by atoms with Crippen LogP contribution in [0.25, 0.3) is 0 Å². The van der Waals surface area contributed by atoms with Gasteiger partial charge in [-0.1, -0.05) is 0 Å². The molecule has 1 amide bonds. The third kappa shape index (κ3) is 4.53. The first-order valence-corrected chi connectivity index (χ1v) is 9.37. The Bertz CT molecular complexity index is 872. The van der Waals surface area contributed by atoms with Crippen LogP contribution in [0.5, 0.6) is 0 Å². The molecule has 0 aromatic heterocycles. The highest BCUT2D eigenvalue weighted by Crippen LogP contribution is 2.15. The number of hydrogen-bond acceptors (Lipinski definition) is 4. The van der Waals surface area contributed by atoms with Crippen molar-refractivity contribution in [2.24, 2.45) is 0 Å². The number of carbonyl (C=O) groups excluding carboxylic acids is 1. The van der Waals surface area contributed by atoms with Crippen LogP contribution in [0, 0.1) is 14.9 Å². The molecule has 1 N–H and O–H groups in total. The standard InChI is InChI=1S/C16H14IN3O3S/c1-20(11-16(21)19-14-6-4-13(17)5-7-14)24(22,23)15-8-2-12(10-18)3-9-15/h2-9H,11H2,1H3,(H,19,21). The molecule has 0 spiro atoms. The monoisotopic (exact) mass is 455 g/mol. The number of amides is 1. The Hall–Kier alpha value is -1.96. The van der Waals surface area contributed by atoms with Crippen LogP contribution < -0.4 is 5.32 Å². The van der Waals surface area contributed by atoms with E-state index in [0.29, 0.717) is 11.3 Å². The van der Waals surface area contributed by atoms with E-state index in [0.717, 1.165) is 7.88 Å². The second-order valence-electron chi connectivity index (χ2n) is 4.95. The largest absolute Gasteiger partial charge is 0.325 e. The molecule has 24 heavy (non-hydrogen) atoms. The number of sulfonamides is 1. The van der Waals surface area contributed by atoms with Gasteiger partial charge in [-0.2, -0.15) is 9.57 Å². The predicted octanol–water partition coefficient (Wildman–Crippen LogP) is 2.42. The van der Waals surface area contributed by atoms with Crippen LogP contribution in [0.2, 0.25) is 0 Å². The normalized spacial score (nSPS) is 11.1. The van der Waals surface area contributed by atoms with Gasteiger partial charge >= 0.3 is 0 Å².